The van der Waals surface area contributed by atoms with E-state index >= 15 is 0 Å². The lowest BCUT2D eigenvalue weighted by atomic mass is 10.2. The van der Waals surface area contributed by atoms with Crippen LogP contribution in [0, 0.1) is 0 Å². The molecule has 0 radical (unpaired) electrons. The molecule has 1 saturated heterocycles. The smallest absolute Gasteiger partial charge is 0.239 e. The largest absolute Gasteiger partial charge is 0.360 e. The Balaban J connectivity index is 1.74. The van der Waals surface area contributed by atoms with E-state index < -0.39 is 0 Å². The minimum Gasteiger partial charge on any atom is -0.360 e. The summed E-state index contributed by atoms with van der Waals surface area (Å²) in [5.74, 6) is 0.907. The number of carbonyl (C=O) groups excluding carboxylic acids is 1. The van der Waals surface area contributed by atoms with Crippen molar-refractivity contribution >= 4 is 17.6 Å². The van der Waals surface area contributed by atoms with Gasteiger partial charge in [0.2, 0.25) is 5.91 Å². The Kier molecular flexibility index (Phi) is 9.25. The molecule has 0 atom stereocenters. The van der Waals surface area contributed by atoms with Crippen LogP contribution in [-0.4, -0.2) is 68.6 Å². The van der Waals surface area contributed by atoms with Crippen LogP contribution >= 0.6 is 0 Å². The summed E-state index contributed by atoms with van der Waals surface area (Å²) in [5, 5.41) is 9.63. The lowest BCUT2D eigenvalue weighted by Crippen LogP contribution is -2.47. The maximum Gasteiger partial charge on any atom is 0.239 e. The van der Waals surface area contributed by atoms with E-state index in [1.807, 2.05) is 0 Å². The molecule has 0 aliphatic carbocycles. The lowest BCUT2D eigenvalue weighted by Gasteiger charge is -2.30. The summed E-state index contributed by atoms with van der Waals surface area (Å²) in [6.07, 6.45) is 1.08. The SMILES string of the molecule is CN=C(NCCCN(C(C)C)C(C)C)NCc1ccc(N2CCNC(=O)C2)cc1. The van der Waals surface area contributed by atoms with Crippen LogP contribution in [0.4, 0.5) is 5.69 Å². The standard InChI is InChI=1S/C22H38N6O/c1-17(2)28(18(3)4)13-6-11-25-22(23-5)26-15-19-7-9-20(10-8-19)27-14-12-24-21(29)16-27/h7-10,17-18H,6,11-16H2,1-5H3,(H,24,29)(H2,23,25,26). The maximum absolute atomic E-state index is 11.6. The van der Waals surface area contributed by atoms with Crippen LogP contribution in [0.2, 0.25) is 0 Å². The van der Waals surface area contributed by atoms with Crippen LogP contribution < -0.4 is 20.9 Å². The van der Waals surface area contributed by atoms with Gasteiger partial charge in [-0.3, -0.25) is 14.7 Å². The van der Waals surface area contributed by atoms with Crippen molar-refractivity contribution in [3.05, 3.63) is 29.8 Å². The van der Waals surface area contributed by atoms with Crippen molar-refractivity contribution < 1.29 is 4.79 Å². The fourth-order valence-electron chi connectivity index (χ4n) is 3.67. The van der Waals surface area contributed by atoms with Gasteiger partial charge >= 0.3 is 0 Å². The molecular weight excluding hydrogens is 364 g/mol. The van der Waals surface area contributed by atoms with Crippen molar-refractivity contribution in [2.45, 2.75) is 52.7 Å². The van der Waals surface area contributed by atoms with Crippen molar-refractivity contribution in [2.75, 3.05) is 44.7 Å². The Morgan fingerprint density at radius 3 is 2.45 bits per heavy atom. The van der Waals surface area contributed by atoms with Crippen molar-refractivity contribution in [3.8, 4) is 0 Å². The van der Waals surface area contributed by atoms with Gasteiger partial charge in [-0.25, -0.2) is 0 Å². The lowest BCUT2D eigenvalue weighted by molar-refractivity contribution is -0.120. The van der Waals surface area contributed by atoms with Crippen LogP contribution in [0.5, 0.6) is 0 Å². The van der Waals surface area contributed by atoms with Crippen LogP contribution in [0.15, 0.2) is 29.3 Å². The second kappa shape index (κ2) is 11.7. The summed E-state index contributed by atoms with van der Waals surface area (Å²) < 4.78 is 0. The second-order valence-electron chi connectivity index (χ2n) is 8.07. The summed E-state index contributed by atoms with van der Waals surface area (Å²) in [7, 11) is 1.80. The summed E-state index contributed by atoms with van der Waals surface area (Å²) in [6, 6.07) is 9.50. The zero-order chi connectivity index (χ0) is 21.2. The summed E-state index contributed by atoms with van der Waals surface area (Å²) in [6.45, 7) is 13.7. The fraction of sp³-hybridized carbons (Fsp3) is 0.636. The van der Waals surface area contributed by atoms with Gasteiger partial charge in [0.25, 0.3) is 0 Å². The zero-order valence-corrected chi connectivity index (χ0v) is 18.7. The predicted molar refractivity (Wildman–Crippen MR) is 121 cm³/mol. The Morgan fingerprint density at radius 1 is 1.17 bits per heavy atom. The van der Waals surface area contributed by atoms with E-state index in [9.17, 15) is 4.79 Å². The molecule has 1 heterocycles. The third kappa shape index (κ3) is 7.57. The van der Waals surface area contributed by atoms with E-state index in [1.165, 1.54) is 5.56 Å². The fourth-order valence-corrected chi connectivity index (χ4v) is 3.67. The summed E-state index contributed by atoms with van der Waals surface area (Å²) in [5.41, 5.74) is 2.27. The highest BCUT2D eigenvalue weighted by Crippen LogP contribution is 2.16. The molecule has 1 aliphatic rings. The molecule has 0 unspecified atom stereocenters. The molecule has 1 aromatic rings. The Bertz CT molecular complexity index is 648. The molecule has 1 aromatic carbocycles. The molecule has 1 fully saturated rings. The molecule has 7 heteroatoms. The Morgan fingerprint density at radius 2 is 1.86 bits per heavy atom. The number of nitrogens with one attached hydrogen (secondary N) is 3. The van der Waals surface area contributed by atoms with Crippen molar-refractivity contribution in [3.63, 3.8) is 0 Å². The number of hydrogen-bond donors (Lipinski definition) is 3. The molecular formula is C22H38N6O. The molecule has 7 nitrogen and oxygen atoms in total. The van der Waals surface area contributed by atoms with Crippen LogP contribution in [0.25, 0.3) is 0 Å². The van der Waals surface area contributed by atoms with Crippen LogP contribution in [-0.2, 0) is 11.3 Å². The number of guanidine groups is 1. The van der Waals surface area contributed by atoms with Gasteiger partial charge in [-0.05, 0) is 51.8 Å². The number of nitrogens with zero attached hydrogens (tertiary/aromatic N) is 3. The van der Waals surface area contributed by atoms with Gasteiger partial charge in [-0.2, -0.15) is 0 Å². The van der Waals surface area contributed by atoms with Gasteiger partial charge in [-0.15, -0.1) is 0 Å². The first kappa shape index (κ1) is 23.0. The zero-order valence-electron chi connectivity index (χ0n) is 18.7. The van der Waals surface area contributed by atoms with E-state index in [4.69, 9.17) is 0 Å². The van der Waals surface area contributed by atoms with Gasteiger partial charge in [0, 0.05) is 57.5 Å². The highest BCUT2D eigenvalue weighted by molar-refractivity contribution is 5.82. The normalized spacial score (nSPS) is 15.2. The predicted octanol–water partition coefficient (Wildman–Crippen LogP) is 1.80. The summed E-state index contributed by atoms with van der Waals surface area (Å²) >= 11 is 0. The van der Waals surface area contributed by atoms with Crippen molar-refractivity contribution in [1.29, 1.82) is 0 Å². The van der Waals surface area contributed by atoms with E-state index in [0.29, 0.717) is 31.7 Å². The maximum atomic E-state index is 11.6. The van der Waals surface area contributed by atoms with E-state index in [-0.39, 0.29) is 5.91 Å². The molecule has 2 rings (SSSR count). The van der Waals surface area contributed by atoms with Gasteiger partial charge < -0.3 is 20.9 Å². The molecule has 0 saturated carbocycles. The second-order valence-corrected chi connectivity index (χ2v) is 8.07. The minimum absolute atomic E-state index is 0.0850. The molecule has 29 heavy (non-hydrogen) atoms. The third-order valence-electron chi connectivity index (χ3n) is 5.24. The highest BCUT2D eigenvalue weighted by atomic mass is 16.2. The molecule has 162 valence electrons. The summed E-state index contributed by atoms with van der Waals surface area (Å²) in [4.78, 5) is 20.5. The van der Waals surface area contributed by atoms with E-state index in [2.05, 4.69) is 82.7 Å². The van der Waals surface area contributed by atoms with Crippen molar-refractivity contribution in [1.82, 2.24) is 20.9 Å². The number of anilines is 1. The number of benzene rings is 1. The van der Waals surface area contributed by atoms with Gasteiger partial charge in [0.1, 0.15) is 0 Å². The van der Waals surface area contributed by atoms with E-state index in [0.717, 1.165) is 37.7 Å². The Hall–Kier alpha value is -2.28. The highest BCUT2D eigenvalue weighted by Gasteiger charge is 2.16. The number of piperazine rings is 1. The first-order valence-corrected chi connectivity index (χ1v) is 10.7. The van der Waals surface area contributed by atoms with Crippen LogP contribution in [0.3, 0.4) is 0 Å². The molecule has 0 spiro atoms. The third-order valence-corrected chi connectivity index (χ3v) is 5.24. The molecule has 0 aromatic heterocycles. The Labute approximate surface area is 175 Å². The average Bonchev–Trinajstić information content (AvgIpc) is 2.70. The van der Waals surface area contributed by atoms with E-state index in [1.54, 1.807) is 7.05 Å². The molecule has 1 aliphatic heterocycles. The number of rotatable bonds is 9. The monoisotopic (exact) mass is 402 g/mol. The first-order chi connectivity index (χ1) is 13.9. The van der Waals surface area contributed by atoms with Gasteiger partial charge in [0.05, 0.1) is 6.54 Å². The number of aliphatic imine (C=N–C) groups is 1. The molecule has 1 amide bonds. The van der Waals surface area contributed by atoms with Gasteiger partial charge in [0.15, 0.2) is 5.96 Å². The van der Waals surface area contributed by atoms with Gasteiger partial charge in [-0.1, -0.05) is 12.1 Å². The quantitative estimate of drug-likeness (QED) is 0.334. The van der Waals surface area contributed by atoms with Crippen molar-refractivity contribution in [2.24, 2.45) is 4.99 Å². The average molecular weight is 403 g/mol. The molecule has 3 N–H and O–H groups in total. The minimum atomic E-state index is 0.0850. The first-order valence-electron chi connectivity index (χ1n) is 10.7. The number of amides is 1. The number of carbonyl (C=O) groups is 1. The topological polar surface area (TPSA) is 72.0 Å². The molecule has 0 bridgehead atoms. The number of hydrogen-bond acceptors (Lipinski definition) is 4. The van der Waals surface area contributed by atoms with Crippen LogP contribution in [0.1, 0.15) is 39.7 Å².